The van der Waals surface area contributed by atoms with Crippen molar-refractivity contribution >= 4 is 23.2 Å². The topological polar surface area (TPSA) is 46.3 Å². The lowest BCUT2D eigenvalue weighted by molar-refractivity contribution is -0.117. The van der Waals surface area contributed by atoms with E-state index in [2.05, 4.69) is 0 Å². The highest BCUT2D eigenvalue weighted by Gasteiger charge is 2.45. The van der Waals surface area contributed by atoms with E-state index in [0.717, 1.165) is 0 Å². The lowest BCUT2D eigenvalue weighted by Crippen LogP contribution is -2.49. The van der Waals surface area contributed by atoms with E-state index in [4.69, 9.17) is 17.3 Å². The Morgan fingerprint density at radius 1 is 1.53 bits per heavy atom. The van der Waals surface area contributed by atoms with Crippen LogP contribution in [0.2, 0.25) is 5.02 Å². The fraction of sp³-hybridized carbons (Fsp3) is 0.417. The number of hydrogen-bond donors (Lipinski definition) is 1. The molecule has 0 radical (unpaired) electrons. The van der Waals surface area contributed by atoms with E-state index < -0.39 is 11.4 Å². The van der Waals surface area contributed by atoms with Crippen molar-refractivity contribution in [3.05, 3.63) is 29.0 Å². The first-order valence-corrected chi connectivity index (χ1v) is 5.75. The van der Waals surface area contributed by atoms with Gasteiger partial charge < -0.3 is 10.6 Å². The molecular formula is C12H14ClFN2O. The Kier molecular flexibility index (Phi) is 2.87. The summed E-state index contributed by atoms with van der Waals surface area (Å²) >= 11 is 5.73. The van der Waals surface area contributed by atoms with Gasteiger partial charge in [0, 0.05) is 18.2 Å². The minimum atomic E-state index is -0.496. The van der Waals surface area contributed by atoms with Gasteiger partial charge in [-0.15, -0.1) is 0 Å². The lowest BCUT2D eigenvalue weighted by atomic mass is 9.96. The van der Waals surface area contributed by atoms with E-state index >= 15 is 0 Å². The zero-order valence-corrected chi connectivity index (χ0v) is 10.5. The van der Waals surface area contributed by atoms with Gasteiger partial charge in [-0.2, -0.15) is 0 Å². The van der Waals surface area contributed by atoms with E-state index in [1.165, 1.54) is 12.1 Å². The number of anilines is 1. The van der Waals surface area contributed by atoms with Gasteiger partial charge >= 0.3 is 0 Å². The molecule has 1 fully saturated rings. The Labute approximate surface area is 104 Å². The van der Waals surface area contributed by atoms with Crippen LogP contribution in [0, 0.1) is 5.82 Å². The first kappa shape index (κ1) is 12.3. The van der Waals surface area contributed by atoms with Crippen molar-refractivity contribution in [3.8, 4) is 0 Å². The number of rotatable bonds is 1. The summed E-state index contributed by atoms with van der Waals surface area (Å²) in [5.41, 5.74) is 6.02. The Morgan fingerprint density at radius 2 is 2.18 bits per heavy atom. The highest BCUT2D eigenvalue weighted by Crippen LogP contribution is 2.35. The number of carbonyl (C=O) groups is 1. The average molecular weight is 257 g/mol. The third-order valence-corrected chi connectivity index (χ3v) is 3.58. The molecule has 0 aliphatic carbocycles. The number of amides is 1. The molecule has 0 aromatic heterocycles. The van der Waals surface area contributed by atoms with Crippen LogP contribution in [0.1, 0.15) is 20.3 Å². The van der Waals surface area contributed by atoms with Gasteiger partial charge in [0.1, 0.15) is 5.82 Å². The van der Waals surface area contributed by atoms with Crippen LogP contribution in [-0.4, -0.2) is 17.5 Å². The van der Waals surface area contributed by atoms with Gasteiger partial charge in [-0.1, -0.05) is 11.6 Å². The highest BCUT2D eigenvalue weighted by molar-refractivity contribution is 6.31. The van der Waals surface area contributed by atoms with Gasteiger partial charge in [-0.05, 0) is 32.0 Å². The average Bonchev–Trinajstić information content (AvgIpc) is 2.42. The Morgan fingerprint density at radius 3 is 2.65 bits per heavy atom. The van der Waals surface area contributed by atoms with E-state index in [-0.39, 0.29) is 17.0 Å². The van der Waals surface area contributed by atoms with Crippen molar-refractivity contribution in [1.29, 1.82) is 0 Å². The summed E-state index contributed by atoms with van der Waals surface area (Å²) in [7, 11) is 0. The van der Waals surface area contributed by atoms with Gasteiger partial charge in [-0.25, -0.2) is 4.39 Å². The number of nitrogens with two attached hydrogens (primary N) is 1. The SMILES string of the molecule is CC1(C)C(N)CC(=O)N1c1ccc(F)c(Cl)c1. The molecule has 3 nitrogen and oxygen atoms in total. The second-order valence-corrected chi connectivity index (χ2v) is 5.20. The highest BCUT2D eigenvalue weighted by atomic mass is 35.5. The van der Waals surface area contributed by atoms with E-state index in [9.17, 15) is 9.18 Å². The molecule has 1 saturated heterocycles. The van der Waals surface area contributed by atoms with Crippen LogP contribution >= 0.6 is 11.6 Å². The maximum atomic E-state index is 13.1. The number of hydrogen-bond acceptors (Lipinski definition) is 2. The van der Waals surface area contributed by atoms with Crippen LogP contribution in [0.25, 0.3) is 0 Å². The Bertz CT molecular complexity index is 476. The molecule has 0 bridgehead atoms. The molecule has 1 unspecified atom stereocenters. The third kappa shape index (κ3) is 1.91. The maximum Gasteiger partial charge on any atom is 0.229 e. The molecule has 1 aromatic carbocycles. The van der Waals surface area contributed by atoms with Crippen molar-refractivity contribution in [2.24, 2.45) is 5.73 Å². The Hall–Kier alpha value is -1.13. The third-order valence-electron chi connectivity index (χ3n) is 3.29. The minimum Gasteiger partial charge on any atom is -0.325 e. The summed E-state index contributed by atoms with van der Waals surface area (Å²) < 4.78 is 13.1. The molecule has 17 heavy (non-hydrogen) atoms. The van der Waals surface area contributed by atoms with Gasteiger partial charge in [0.15, 0.2) is 0 Å². The summed E-state index contributed by atoms with van der Waals surface area (Å²) in [6, 6.07) is 4.01. The summed E-state index contributed by atoms with van der Waals surface area (Å²) in [5, 5.41) is 0.00608. The first-order valence-electron chi connectivity index (χ1n) is 5.37. The molecule has 5 heteroatoms. The number of halogens is 2. The van der Waals surface area contributed by atoms with Crippen LogP contribution in [0.15, 0.2) is 18.2 Å². The van der Waals surface area contributed by atoms with Crippen molar-refractivity contribution < 1.29 is 9.18 Å². The van der Waals surface area contributed by atoms with Crippen LogP contribution in [0.5, 0.6) is 0 Å². The van der Waals surface area contributed by atoms with Gasteiger partial charge in [0.2, 0.25) is 5.91 Å². The predicted molar refractivity (Wildman–Crippen MR) is 65.6 cm³/mol. The molecule has 1 atom stereocenters. The van der Waals surface area contributed by atoms with E-state index in [1.807, 2.05) is 13.8 Å². The fourth-order valence-corrected chi connectivity index (χ4v) is 2.29. The van der Waals surface area contributed by atoms with Gasteiger partial charge in [0.25, 0.3) is 0 Å². The monoisotopic (exact) mass is 256 g/mol. The van der Waals surface area contributed by atoms with Gasteiger partial charge in [0.05, 0.1) is 10.6 Å². The number of carbonyl (C=O) groups excluding carboxylic acids is 1. The van der Waals surface area contributed by atoms with Crippen LogP contribution in [-0.2, 0) is 4.79 Å². The molecule has 0 spiro atoms. The zero-order chi connectivity index (χ0) is 12.8. The smallest absolute Gasteiger partial charge is 0.229 e. The molecule has 1 heterocycles. The van der Waals surface area contributed by atoms with Crippen molar-refractivity contribution in [2.45, 2.75) is 31.8 Å². The van der Waals surface area contributed by atoms with Crippen molar-refractivity contribution in [3.63, 3.8) is 0 Å². The molecule has 1 aliphatic rings. The molecule has 2 N–H and O–H groups in total. The molecule has 92 valence electrons. The Balaban J connectivity index is 2.45. The van der Waals surface area contributed by atoms with Crippen molar-refractivity contribution in [1.82, 2.24) is 0 Å². The molecular weight excluding hydrogens is 243 g/mol. The van der Waals surface area contributed by atoms with Crippen molar-refractivity contribution in [2.75, 3.05) is 4.90 Å². The predicted octanol–water partition coefficient (Wildman–Crippen LogP) is 2.32. The largest absolute Gasteiger partial charge is 0.325 e. The second-order valence-electron chi connectivity index (χ2n) is 4.79. The quantitative estimate of drug-likeness (QED) is 0.838. The number of benzene rings is 1. The second kappa shape index (κ2) is 3.96. The molecule has 1 amide bonds. The fourth-order valence-electron chi connectivity index (χ4n) is 2.12. The van der Waals surface area contributed by atoms with E-state index in [0.29, 0.717) is 12.1 Å². The standard InChI is InChI=1S/C12H14ClFN2O/c1-12(2)10(15)6-11(17)16(12)7-3-4-9(14)8(13)5-7/h3-5,10H,6,15H2,1-2H3. The van der Waals surface area contributed by atoms with Gasteiger partial charge in [-0.3, -0.25) is 4.79 Å². The summed E-state index contributed by atoms with van der Waals surface area (Å²) in [6.45, 7) is 3.78. The number of nitrogens with zero attached hydrogens (tertiary/aromatic N) is 1. The first-order chi connectivity index (χ1) is 7.84. The zero-order valence-electron chi connectivity index (χ0n) is 9.71. The maximum absolute atomic E-state index is 13.1. The lowest BCUT2D eigenvalue weighted by Gasteiger charge is -2.34. The molecule has 2 rings (SSSR count). The minimum absolute atomic E-state index is 0.00608. The van der Waals surface area contributed by atoms with Crippen LogP contribution < -0.4 is 10.6 Å². The van der Waals surface area contributed by atoms with E-state index in [1.54, 1.807) is 11.0 Å². The molecule has 1 aromatic rings. The molecule has 1 aliphatic heterocycles. The summed E-state index contributed by atoms with van der Waals surface area (Å²) in [6.07, 6.45) is 0.294. The molecule has 0 saturated carbocycles. The van der Waals surface area contributed by atoms with Crippen LogP contribution in [0.3, 0.4) is 0 Å². The van der Waals surface area contributed by atoms with Crippen LogP contribution in [0.4, 0.5) is 10.1 Å². The summed E-state index contributed by atoms with van der Waals surface area (Å²) in [5.74, 6) is -0.561. The normalized spacial score (nSPS) is 23.2. The summed E-state index contributed by atoms with van der Waals surface area (Å²) in [4.78, 5) is 13.5.